The minimum atomic E-state index is -0.761. The first-order valence-corrected chi connectivity index (χ1v) is 8.35. The number of nitrogens with zero attached hydrogens (tertiary/aromatic N) is 3. The Bertz CT molecular complexity index is 584. The number of carbonyl (C=O) groups excluding carboxylic acids is 1. The lowest BCUT2D eigenvalue weighted by atomic mass is 9.79. The van der Waals surface area contributed by atoms with Crippen molar-refractivity contribution < 1.29 is 14.6 Å². The number of rotatable bonds is 5. The Labute approximate surface area is 143 Å². The number of ether oxygens (including phenoxy) is 1. The predicted octanol–water partition coefficient (Wildman–Crippen LogP) is 0.854. The largest absolute Gasteiger partial charge is 0.389 e. The van der Waals surface area contributed by atoms with Crippen LogP contribution in [0.15, 0.2) is 0 Å². The fraction of sp³-hybridized carbons (Fsp3) is 0.706. The molecule has 3 N–H and O–H groups in total. The maximum atomic E-state index is 12.7. The first kappa shape index (κ1) is 18.6. The zero-order chi connectivity index (χ0) is 17.9. The number of hydrogen-bond acceptors (Lipinski definition) is 6. The number of aryl methyl sites for hydroxylation is 2. The average molecular weight is 336 g/mol. The van der Waals surface area contributed by atoms with Crippen LogP contribution in [0.25, 0.3) is 0 Å². The Morgan fingerprint density at radius 1 is 1.42 bits per heavy atom. The molecule has 134 valence electrons. The molecular formula is C17H28N4O3. The quantitative estimate of drug-likeness (QED) is 0.827. The van der Waals surface area contributed by atoms with Crippen LogP contribution in [-0.4, -0.2) is 58.3 Å². The van der Waals surface area contributed by atoms with Crippen LogP contribution in [0, 0.1) is 19.8 Å². The molecule has 1 aliphatic heterocycles. The average Bonchev–Trinajstić information content (AvgIpc) is 2.51. The molecule has 1 aromatic heterocycles. The molecule has 0 saturated carbocycles. The highest BCUT2D eigenvalue weighted by atomic mass is 16.5. The molecule has 7 heteroatoms. The van der Waals surface area contributed by atoms with Crippen LogP contribution in [0.1, 0.15) is 36.7 Å². The van der Waals surface area contributed by atoms with Gasteiger partial charge in [-0.25, -0.2) is 9.97 Å². The number of nitrogen functional groups attached to an aromatic ring is 1. The van der Waals surface area contributed by atoms with Gasteiger partial charge in [0.25, 0.3) is 0 Å². The summed E-state index contributed by atoms with van der Waals surface area (Å²) in [5, 5.41) is 10.7. The van der Waals surface area contributed by atoms with Crippen LogP contribution in [0.5, 0.6) is 0 Å². The molecule has 1 amide bonds. The van der Waals surface area contributed by atoms with Gasteiger partial charge in [-0.3, -0.25) is 4.79 Å². The molecule has 2 atom stereocenters. The van der Waals surface area contributed by atoms with Crippen molar-refractivity contribution >= 4 is 11.9 Å². The molecule has 0 bridgehead atoms. The van der Waals surface area contributed by atoms with Gasteiger partial charge in [0.1, 0.15) is 0 Å². The molecule has 1 aliphatic rings. The van der Waals surface area contributed by atoms with Gasteiger partial charge < -0.3 is 20.5 Å². The molecule has 0 spiro atoms. The van der Waals surface area contributed by atoms with E-state index < -0.39 is 5.60 Å². The Balaban J connectivity index is 2.03. The second kappa shape index (κ2) is 7.44. The van der Waals surface area contributed by atoms with Gasteiger partial charge in [0.05, 0.1) is 12.0 Å². The summed E-state index contributed by atoms with van der Waals surface area (Å²) in [5.74, 6) is 0.279. The number of amides is 1. The van der Waals surface area contributed by atoms with Gasteiger partial charge in [0, 0.05) is 49.7 Å². The van der Waals surface area contributed by atoms with Gasteiger partial charge in [-0.2, -0.15) is 0 Å². The maximum absolute atomic E-state index is 12.7. The van der Waals surface area contributed by atoms with Gasteiger partial charge >= 0.3 is 0 Å². The summed E-state index contributed by atoms with van der Waals surface area (Å²) < 4.78 is 5.08. The first-order valence-electron chi connectivity index (χ1n) is 8.35. The minimum absolute atomic E-state index is 0.00946. The molecule has 0 aromatic carbocycles. The van der Waals surface area contributed by atoms with E-state index in [2.05, 4.69) is 9.97 Å². The fourth-order valence-corrected chi connectivity index (χ4v) is 3.33. The molecule has 1 aromatic rings. The predicted molar refractivity (Wildman–Crippen MR) is 91.4 cm³/mol. The smallest absolute Gasteiger partial charge is 0.227 e. The zero-order valence-electron chi connectivity index (χ0n) is 15.0. The standard InChI is InChI=1S/C17H28N4O3/c1-11-10-21(7-5-17(11,23)6-8-24-4)15(22)9-14-12(2)19-16(18)20-13(14)3/h11,23H,5-10H2,1-4H3,(H2,18,19,20)/t11-,17-/m1/s1. The number of aromatic nitrogens is 2. The topological polar surface area (TPSA) is 102 Å². The van der Waals surface area contributed by atoms with E-state index in [1.807, 2.05) is 25.7 Å². The third-order valence-corrected chi connectivity index (χ3v) is 5.08. The van der Waals surface area contributed by atoms with Crippen LogP contribution in [0.4, 0.5) is 5.95 Å². The van der Waals surface area contributed by atoms with E-state index >= 15 is 0 Å². The highest BCUT2D eigenvalue weighted by Crippen LogP contribution is 2.31. The minimum Gasteiger partial charge on any atom is -0.389 e. The fourth-order valence-electron chi connectivity index (χ4n) is 3.33. The van der Waals surface area contributed by atoms with Crippen LogP contribution in [-0.2, 0) is 16.0 Å². The van der Waals surface area contributed by atoms with Gasteiger partial charge in [-0.05, 0) is 26.7 Å². The summed E-state index contributed by atoms with van der Waals surface area (Å²) in [6.07, 6.45) is 1.43. The number of likely N-dealkylation sites (tertiary alicyclic amines) is 1. The number of hydrogen-bond donors (Lipinski definition) is 2. The normalized spacial score (nSPS) is 24.2. The first-order chi connectivity index (χ1) is 11.3. The summed E-state index contributed by atoms with van der Waals surface area (Å²) in [7, 11) is 1.63. The third-order valence-electron chi connectivity index (χ3n) is 5.08. The molecule has 0 aliphatic carbocycles. The molecule has 1 saturated heterocycles. The monoisotopic (exact) mass is 336 g/mol. The zero-order valence-corrected chi connectivity index (χ0v) is 15.0. The molecular weight excluding hydrogens is 308 g/mol. The lowest BCUT2D eigenvalue weighted by Gasteiger charge is -2.43. The van der Waals surface area contributed by atoms with Gasteiger partial charge in [0.15, 0.2) is 0 Å². The Kier molecular flexibility index (Phi) is 5.77. The second-order valence-electron chi connectivity index (χ2n) is 6.75. The highest BCUT2D eigenvalue weighted by Gasteiger charge is 2.39. The van der Waals surface area contributed by atoms with Crippen molar-refractivity contribution in [3.63, 3.8) is 0 Å². The van der Waals surface area contributed by atoms with Crippen LogP contribution < -0.4 is 5.73 Å². The van der Waals surface area contributed by atoms with Crippen molar-refractivity contribution in [2.75, 3.05) is 32.5 Å². The lowest BCUT2D eigenvalue weighted by molar-refractivity contribution is -0.139. The van der Waals surface area contributed by atoms with Crippen molar-refractivity contribution in [3.8, 4) is 0 Å². The Morgan fingerprint density at radius 3 is 2.58 bits per heavy atom. The van der Waals surface area contributed by atoms with Gasteiger partial charge in [0.2, 0.25) is 11.9 Å². The number of carbonyl (C=O) groups is 1. The summed E-state index contributed by atoms with van der Waals surface area (Å²) in [6.45, 7) is 7.30. The molecule has 2 rings (SSSR count). The number of anilines is 1. The van der Waals surface area contributed by atoms with E-state index in [9.17, 15) is 9.90 Å². The second-order valence-corrected chi connectivity index (χ2v) is 6.75. The van der Waals surface area contributed by atoms with E-state index in [1.54, 1.807) is 7.11 Å². The van der Waals surface area contributed by atoms with Gasteiger partial charge in [-0.15, -0.1) is 0 Å². The molecule has 1 fully saturated rings. The third kappa shape index (κ3) is 4.02. The number of nitrogens with two attached hydrogens (primary N) is 1. The van der Waals surface area contributed by atoms with Crippen LogP contribution in [0.3, 0.4) is 0 Å². The Morgan fingerprint density at radius 2 is 2.04 bits per heavy atom. The van der Waals surface area contributed by atoms with E-state index in [4.69, 9.17) is 10.5 Å². The number of methoxy groups -OCH3 is 1. The van der Waals surface area contributed by atoms with Crippen molar-refractivity contribution in [3.05, 3.63) is 17.0 Å². The Hall–Kier alpha value is -1.73. The van der Waals surface area contributed by atoms with E-state index in [0.717, 1.165) is 17.0 Å². The van der Waals surface area contributed by atoms with E-state index in [0.29, 0.717) is 32.5 Å². The summed E-state index contributed by atoms with van der Waals surface area (Å²) in [4.78, 5) is 22.8. The van der Waals surface area contributed by atoms with Crippen molar-refractivity contribution in [1.29, 1.82) is 0 Å². The van der Waals surface area contributed by atoms with Crippen molar-refractivity contribution in [2.24, 2.45) is 5.92 Å². The summed E-state index contributed by atoms with van der Waals surface area (Å²) in [5.41, 5.74) is 7.20. The van der Waals surface area contributed by atoms with Crippen LogP contribution >= 0.6 is 0 Å². The van der Waals surface area contributed by atoms with E-state index in [1.165, 1.54) is 0 Å². The van der Waals surface area contributed by atoms with E-state index in [-0.39, 0.29) is 24.2 Å². The highest BCUT2D eigenvalue weighted by molar-refractivity contribution is 5.79. The van der Waals surface area contributed by atoms with Crippen molar-refractivity contribution in [1.82, 2.24) is 14.9 Å². The van der Waals surface area contributed by atoms with Gasteiger partial charge in [-0.1, -0.05) is 6.92 Å². The molecule has 7 nitrogen and oxygen atoms in total. The molecule has 2 heterocycles. The maximum Gasteiger partial charge on any atom is 0.227 e. The molecule has 0 radical (unpaired) electrons. The number of piperidine rings is 1. The van der Waals surface area contributed by atoms with Crippen molar-refractivity contribution in [2.45, 2.75) is 45.6 Å². The van der Waals surface area contributed by atoms with Crippen LogP contribution in [0.2, 0.25) is 0 Å². The number of aliphatic hydroxyl groups is 1. The molecule has 24 heavy (non-hydrogen) atoms. The molecule has 0 unspecified atom stereocenters. The summed E-state index contributed by atoms with van der Waals surface area (Å²) in [6, 6.07) is 0. The summed E-state index contributed by atoms with van der Waals surface area (Å²) >= 11 is 0. The SMILES string of the molecule is COCC[C@]1(O)CCN(C(=O)Cc2c(C)nc(N)nc2C)C[C@H]1C. The lowest BCUT2D eigenvalue weighted by Crippen LogP contribution is -2.53.